The third-order valence-electron chi connectivity index (χ3n) is 9.14. The van der Waals surface area contributed by atoms with Crippen molar-refractivity contribution in [2.45, 2.75) is 233 Å². The van der Waals surface area contributed by atoms with E-state index in [1.54, 1.807) is 0 Å². The molecule has 300 valence electrons. The fraction of sp³-hybridized carbons (Fsp3) is 1.00. The van der Waals surface area contributed by atoms with Gasteiger partial charge in [-0.15, -0.1) is 0 Å². The number of hydrogen-bond acceptors (Lipinski definition) is 6. The average Bonchev–Trinajstić information content (AvgIpc) is 3.06. The van der Waals surface area contributed by atoms with E-state index in [9.17, 15) is 18.9 Å². The van der Waals surface area contributed by atoms with Gasteiger partial charge in [-0.1, -0.05) is 207 Å². The number of unbranched alkanes of at least 4 members (excludes halogenated alkanes) is 28. The van der Waals surface area contributed by atoms with Crippen LogP contribution in [0.15, 0.2) is 0 Å². The molecule has 0 aliphatic rings. The molecule has 0 fully saturated rings. The maximum Gasteiger partial charge on any atom is 2.00 e. The zero-order valence-corrected chi connectivity index (χ0v) is 35.9. The second kappa shape index (κ2) is 43.2. The van der Waals surface area contributed by atoms with Gasteiger partial charge in [-0.05, 0) is 25.7 Å². The Labute approximate surface area is 317 Å². The molecule has 0 radical (unpaired) electrons. The van der Waals surface area contributed by atoms with E-state index in [0.29, 0.717) is 13.2 Å². The summed E-state index contributed by atoms with van der Waals surface area (Å²) in [6, 6.07) is 0. The first-order chi connectivity index (χ1) is 23.2. The van der Waals surface area contributed by atoms with Crippen LogP contribution in [0.1, 0.15) is 233 Å². The SMILES string of the molecule is CCCCCCCCCCOP(=O)([O-])CCCCCCCCCC.CCCCCCCCCCOP(=O)([O-])CCCCCCCCCC.[Ni+2]. The molecule has 49 heavy (non-hydrogen) atoms. The van der Waals surface area contributed by atoms with Gasteiger partial charge in [-0.25, -0.2) is 0 Å². The van der Waals surface area contributed by atoms with Gasteiger partial charge in [-0.3, -0.25) is 0 Å². The van der Waals surface area contributed by atoms with E-state index in [-0.39, 0.29) is 28.8 Å². The summed E-state index contributed by atoms with van der Waals surface area (Å²) in [6.45, 7) is 9.66. The standard InChI is InChI=1S/2C20H43O3P.Ni/c2*1-3-5-7-9-11-13-15-17-19-23-24(21,22)20-18-16-14-12-10-8-6-4-2;/h2*3-20H2,1-2H3,(H,21,22);/q;;+2/p-2. The van der Waals surface area contributed by atoms with Crippen molar-refractivity contribution in [3.05, 3.63) is 0 Å². The zero-order valence-electron chi connectivity index (χ0n) is 33.1. The van der Waals surface area contributed by atoms with Crippen molar-refractivity contribution in [1.29, 1.82) is 0 Å². The molecule has 0 rings (SSSR count). The average molecular weight is 782 g/mol. The van der Waals surface area contributed by atoms with Gasteiger partial charge in [0.05, 0.1) is 13.2 Å². The Morgan fingerprint density at radius 3 is 0.735 bits per heavy atom. The first kappa shape index (κ1) is 54.1. The van der Waals surface area contributed by atoms with Crippen LogP contribution in [0.2, 0.25) is 0 Å². The van der Waals surface area contributed by atoms with Gasteiger partial charge in [0.1, 0.15) is 15.2 Å². The summed E-state index contributed by atoms with van der Waals surface area (Å²) >= 11 is 0. The Bertz CT molecular complexity index is 654. The number of rotatable bonds is 38. The second-order valence-electron chi connectivity index (χ2n) is 14.2. The summed E-state index contributed by atoms with van der Waals surface area (Å²) in [4.78, 5) is 23.6. The molecule has 9 heteroatoms. The maximum atomic E-state index is 11.8. The molecule has 2 unspecified atom stereocenters. The molecule has 0 aromatic heterocycles. The molecule has 6 nitrogen and oxygen atoms in total. The van der Waals surface area contributed by atoms with E-state index in [0.717, 1.165) is 64.2 Å². The quantitative estimate of drug-likeness (QED) is 0.0351. The van der Waals surface area contributed by atoms with Gasteiger partial charge < -0.3 is 28.0 Å². The van der Waals surface area contributed by atoms with Crippen molar-refractivity contribution < 1.29 is 44.5 Å². The van der Waals surface area contributed by atoms with Gasteiger partial charge in [-0.2, -0.15) is 0 Å². The smallest absolute Gasteiger partial charge is 0.778 e. The van der Waals surface area contributed by atoms with Crippen LogP contribution in [0.5, 0.6) is 0 Å². The molecule has 2 atom stereocenters. The minimum atomic E-state index is -3.58. The summed E-state index contributed by atoms with van der Waals surface area (Å²) in [5.41, 5.74) is 0. The van der Waals surface area contributed by atoms with E-state index in [4.69, 9.17) is 9.05 Å². The Kier molecular flexibility index (Phi) is 47.7. The van der Waals surface area contributed by atoms with E-state index < -0.39 is 15.2 Å². The van der Waals surface area contributed by atoms with Crippen LogP contribution in [0.3, 0.4) is 0 Å². The Balaban J connectivity index is -0.000000846. The number of hydrogen-bond donors (Lipinski definition) is 0. The van der Waals surface area contributed by atoms with Crippen molar-refractivity contribution in [3.8, 4) is 0 Å². The van der Waals surface area contributed by atoms with Gasteiger partial charge in [0.2, 0.25) is 0 Å². The summed E-state index contributed by atoms with van der Waals surface area (Å²) < 4.78 is 33.9. The van der Waals surface area contributed by atoms with Crippen molar-refractivity contribution in [2.24, 2.45) is 0 Å². The molecule has 0 amide bonds. The molecule has 0 heterocycles. The maximum absolute atomic E-state index is 11.8. The van der Waals surface area contributed by atoms with Crippen LogP contribution >= 0.6 is 15.2 Å². The van der Waals surface area contributed by atoms with Crippen LogP contribution in [0.25, 0.3) is 0 Å². The molecule has 0 saturated carbocycles. The van der Waals surface area contributed by atoms with Crippen molar-refractivity contribution in [2.75, 3.05) is 25.5 Å². The summed E-state index contributed by atoms with van der Waals surface area (Å²) in [5, 5.41) is 0. The Hall–Kier alpha value is 0.794. The van der Waals surface area contributed by atoms with Crippen LogP contribution < -0.4 is 9.79 Å². The van der Waals surface area contributed by atoms with Crippen LogP contribution in [0.4, 0.5) is 0 Å². The molecule has 0 bridgehead atoms. The van der Waals surface area contributed by atoms with Gasteiger partial charge in [0.25, 0.3) is 0 Å². The minimum absolute atomic E-state index is 0. The molecular weight excluding hydrogens is 697 g/mol. The normalized spacial score (nSPS) is 13.7. The molecule has 0 aromatic carbocycles. The molecule has 0 aromatic rings. The molecule has 0 aliphatic heterocycles. The third-order valence-corrected chi connectivity index (χ3v) is 12.0. The summed E-state index contributed by atoms with van der Waals surface area (Å²) in [6.07, 6.45) is 38.6. The Morgan fingerprint density at radius 1 is 0.327 bits per heavy atom. The van der Waals surface area contributed by atoms with Gasteiger partial charge in [0.15, 0.2) is 0 Å². The fourth-order valence-corrected chi connectivity index (χ4v) is 8.18. The van der Waals surface area contributed by atoms with Crippen LogP contribution in [-0.2, 0) is 34.7 Å². The Morgan fingerprint density at radius 2 is 0.510 bits per heavy atom. The van der Waals surface area contributed by atoms with E-state index in [1.165, 1.54) is 141 Å². The topological polar surface area (TPSA) is 98.7 Å². The predicted molar refractivity (Wildman–Crippen MR) is 207 cm³/mol. The summed E-state index contributed by atoms with van der Waals surface area (Å²) in [7, 11) is -7.16. The van der Waals surface area contributed by atoms with E-state index in [2.05, 4.69) is 27.7 Å². The van der Waals surface area contributed by atoms with Gasteiger partial charge >= 0.3 is 16.5 Å². The van der Waals surface area contributed by atoms with Gasteiger partial charge in [0, 0.05) is 12.3 Å². The molecule has 0 aliphatic carbocycles. The summed E-state index contributed by atoms with van der Waals surface area (Å²) in [5.74, 6) is 0. The zero-order chi connectivity index (χ0) is 35.9. The monoisotopic (exact) mass is 781 g/mol. The predicted octanol–water partition coefficient (Wildman–Crippen LogP) is 13.7. The van der Waals surface area contributed by atoms with E-state index in [1.807, 2.05) is 0 Å². The van der Waals surface area contributed by atoms with Crippen LogP contribution in [-0.4, -0.2) is 25.5 Å². The van der Waals surface area contributed by atoms with E-state index >= 15 is 0 Å². The molecular formula is C40H84NiO6P2. The largest absolute Gasteiger partial charge is 2.00 e. The van der Waals surface area contributed by atoms with Crippen molar-refractivity contribution in [3.63, 3.8) is 0 Å². The van der Waals surface area contributed by atoms with Crippen molar-refractivity contribution >= 4 is 15.2 Å². The first-order valence-electron chi connectivity index (χ1n) is 21.1. The fourth-order valence-electron chi connectivity index (χ4n) is 5.89. The third kappa shape index (κ3) is 48.8. The molecule has 0 saturated heterocycles. The minimum Gasteiger partial charge on any atom is -0.778 e. The first-order valence-corrected chi connectivity index (χ1v) is 24.6. The van der Waals surface area contributed by atoms with Crippen molar-refractivity contribution in [1.82, 2.24) is 0 Å². The second-order valence-corrected chi connectivity index (χ2v) is 18.1. The molecule has 0 N–H and O–H groups in total. The molecule has 0 spiro atoms. The van der Waals surface area contributed by atoms with Crippen LogP contribution in [0, 0.1) is 0 Å².